The Labute approximate surface area is 133 Å². The van der Waals surface area contributed by atoms with Crippen LogP contribution < -0.4 is 4.74 Å². The molecule has 1 heterocycles. The van der Waals surface area contributed by atoms with Crippen LogP contribution in [0.25, 0.3) is 0 Å². The lowest BCUT2D eigenvalue weighted by Crippen LogP contribution is -2.09. The SMILES string of the molecule is ClC(Cc1cccc(Br)c1)c1ccc2c(c1)CCCO2. The molecule has 0 saturated carbocycles. The summed E-state index contributed by atoms with van der Waals surface area (Å²) >= 11 is 10.1. The Morgan fingerprint density at radius 3 is 2.95 bits per heavy atom. The van der Waals surface area contributed by atoms with E-state index in [1.54, 1.807) is 0 Å². The molecule has 3 rings (SSSR count). The lowest BCUT2D eigenvalue weighted by molar-refractivity contribution is 0.288. The number of hydrogen-bond donors (Lipinski definition) is 0. The molecule has 2 aromatic carbocycles. The third kappa shape index (κ3) is 3.18. The van der Waals surface area contributed by atoms with Crippen LogP contribution in [0.1, 0.15) is 28.5 Å². The predicted octanol–water partition coefficient (Wildman–Crippen LogP) is 5.30. The minimum Gasteiger partial charge on any atom is -0.493 e. The monoisotopic (exact) mass is 350 g/mol. The van der Waals surface area contributed by atoms with Crippen molar-refractivity contribution in [2.75, 3.05) is 6.61 Å². The van der Waals surface area contributed by atoms with Gasteiger partial charge in [0.05, 0.1) is 12.0 Å². The van der Waals surface area contributed by atoms with Crippen molar-refractivity contribution in [2.24, 2.45) is 0 Å². The normalized spacial score (nSPS) is 15.3. The average molecular weight is 352 g/mol. The van der Waals surface area contributed by atoms with Gasteiger partial charge < -0.3 is 4.74 Å². The number of benzene rings is 2. The first-order valence-electron chi connectivity index (χ1n) is 6.86. The highest BCUT2D eigenvalue weighted by atomic mass is 79.9. The smallest absolute Gasteiger partial charge is 0.122 e. The van der Waals surface area contributed by atoms with Crippen LogP contribution in [0, 0.1) is 0 Å². The van der Waals surface area contributed by atoms with Gasteiger partial charge in [0.25, 0.3) is 0 Å². The summed E-state index contributed by atoms with van der Waals surface area (Å²) in [5, 5.41) is -0.00322. The molecule has 1 nitrogen and oxygen atoms in total. The van der Waals surface area contributed by atoms with Crippen molar-refractivity contribution in [3.63, 3.8) is 0 Å². The average Bonchev–Trinajstić information content (AvgIpc) is 2.47. The van der Waals surface area contributed by atoms with Crippen molar-refractivity contribution >= 4 is 27.5 Å². The maximum atomic E-state index is 6.58. The third-order valence-corrected chi connectivity index (χ3v) is 4.50. The molecule has 1 aliphatic rings. The summed E-state index contributed by atoms with van der Waals surface area (Å²) in [6, 6.07) is 14.6. The Morgan fingerprint density at radius 2 is 2.10 bits per heavy atom. The molecule has 0 aromatic heterocycles. The molecule has 0 bridgehead atoms. The molecule has 0 fully saturated rings. The fourth-order valence-corrected chi connectivity index (χ4v) is 3.32. The maximum absolute atomic E-state index is 6.58. The summed E-state index contributed by atoms with van der Waals surface area (Å²) in [6.45, 7) is 0.828. The van der Waals surface area contributed by atoms with Gasteiger partial charge in [-0.1, -0.05) is 40.2 Å². The summed E-state index contributed by atoms with van der Waals surface area (Å²) < 4.78 is 6.74. The third-order valence-electron chi connectivity index (χ3n) is 3.60. The maximum Gasteiger partial charge on any atom is 0.122 e. The summed E-state index contributed by atoms with van der Waals surface area (Å²) in [7, 11) is 0. The van der Waals surface area contributed by atoms with E-state index in [0.717, 1.165) is 36.1 Å². The summed E-state index contributed by atoms with van der Waals surface area (Å²) in [5.74, 6) is 1.02. The predicted molar refractivity (Wildman–Crippen MR) is 86.7 cm³/mol. The second kappa shape index (κ2) is 6.19. The zero-order valence-electron chi connectivity index (χ0n) is 11.1. The van der Waals surface area contributed by atoms with Crippen molar-refractivity contribution in [1.82, 2.24) is 0 Å². The molecular weight excluding hydrogens is 336 g/mol. The molecule has 0 spiro atoms. The molecule has 1 unspecified atom stereocenters. The molecule has 1 atom stereocenters. The quantitative estimate of drug-likeness (QED) is 0.682. The Hall–Kier alpha value is -0.990. The van der Waals surface area contributed by atoms with E-state index < -0.39 is 0 Å². The van der Waals surface area contributed by atoms with Crippen molar-refractivity contribution in [3.8, 4) is 5.75 Å². The van der Waals surface area contributed by atoms with E-state index in [1.807, 2.05) is 12.1 Å². The topological polar surface area (TPSA) is 9.23 Å². The molecule has 1 aliphatic heterocycles. The van der Waals surface area contributed by atoms with Gasteiger partial charge in [-0.3, -0.25) is 0 Å². The van der Waals surface area contributed by atoms with E-state index in [2.05, 4.69) is 46.3 Å². The molecule has 0 saturated heterocycles. The van der Waals surface area contributed by atoms with Gasteiger partial charge in [0.15, 0.2) is 0 Å². The van der Waals surface area contributed by atoms with Crippen LogP contribution in [0.15, 0.2) is 46.9 Å². The molecule has 20 heavy (non-hydrogen) atoms. The molecule has 2 aromatic rings. The van der Waals surface area contributed by atoms with Crippen LogP contribution in [0.3, 0.4) is 0 Å². The van der Waals surface area contributed by atoms with E-state index >= 15 is 0 Å². The van der Waals surface area contributed by atoms with Gasteiger partial charge in [-0.25, -0.2) is 0 Å². The second-order valence-corrected chi connectivity index (χ2v) is 6.56. The number of aryl methyl sites for hydroxylation is 1. The van der Waals surface area contributed by atoms with Gasteiger partial charge in [-0.15, -0.1) is 11.6 Å². The number of halogens is 2. The van der Waals surface area contributed by atoms with Crippen LogP contribution >= 0.6 is 27.5 Å². The first-order chi connectivity index (χ1) is 9.72. The largest absolute Gasteiger partial charge is 0.493 e. The highest BCUT2D eigenvalue weighted by molar-refractivity contribution is 9.10. The molecule has 0 radical (unpaired) electrons. The van der Waals surface area contributed by atoms with Crippen molar-refractivity contribution in [3.05, 3.63) is 63.6 Å². The van der Waals surface area contributed by atoms with E-state index in [-0.39, 0.29) is 5.38 Å². The molecule has 0 aliphatic carbocycles. The fourth-order valence-electron chi connectivity index (χ4n) is 2.56. The van der Waals surface area contributed by atoms with Gasteiger partial charge in [0, 0.05) is 4.47 Å². The highest BCUT2D eigenvalue weighted by Crippen LogP contribution is 2.32. The van der Waals surface area contributed by atoms with Crippen molar-refractivity contribution < 1.29 is 4.74 Å². The minimum absolute atomic E-state index is 0.00322. The Kier molecular flexibility index (Phi) is 4.32. The van der Waals surface area contributed by atoms with Gasteiger partial charge >= 0.3 is 0 Å². The second-order valence-electron chi connectivity index (χ2n) is 5.12. The Bertz CT molecular complexity index is 612. The number of alkyl halides is 1. The first-order valence-corrected chi connectivity index (χ1v) is 8.09. The number of fused-ring (bicyclic) bond motifs is 1. The Balaban J connectivity index is 1.78. The number of rotatable bonds is 3. The molecule has 0 N–H and O–H groups in total. The number of ether oxygens (including phenoxy) is 1. The van der Waals surface area contributed by atoms with Gasteiger partial charge in [-0.2, -0.15) is 0 Å². The Morgan fingerprint density at radius 1 is 1.20 bits per heavy atom. The minimum atomic E-state index is -0.00322. The van der Waals surface area contributed by atoms with Crippen LogP contribution in [0.4, 0.5) is 0 Å². The first kappa shape index (κ1) is 14.0. The summed E-state index contributed by atoms with van der Waals surface area (Å²) in [4.78, 5) is 0. The molecule has 104 valence electrons. The van der Waals surface area contributed by atoms with Crippen LogP contribution in [-0.4, -0.2) is 6.61 Å². The van der Waals surface area contributed by atoms with E-state index in [9.17, 15) is 0 Å². The van der Waals surface area contributed by atoms with Crippen LogP contribution in [-0.2, 0) is 12.8 Å². The van der Waals surface area contributed by atoms with Gasteiger partial charge in [0.2, 0.25) is 0 Å². The number of hydrogen-bond acceptors (Lipinski definition) is 1. The summed E-state index contributed by atoms with van der Waals surface area (Å²) in [5.41, 5.74) is 3.71. The molecular formula is C17H16BrClO. The van der Waals surface area contributed by atoms with Crippen molar-refractivity contribution in [2.45, 2.75) is 24.6 Å². The van der Waals surface area contributed by atoms with E-state index in [4.69, 9.17) is 16.3 Å². The van der Waals surface area contributed by atoms with E-state index in [1.165, 1.54) is 16.7 Å². The van der Waals surface area contributed by atoms with E-state index in [0.29, 0.717) is 0 Å². The fraction of sp³-hybridized carbons (Fsp3) is 0.294. The zero-order chi connectivity index (χ0) is 13.9. The standard InChI is InChI=1S/C17H16BrClO/c18-15-5-1-3-12(9-15)10-16(19)13-6-7-17-14(11-13)4-2-8-20-17/h1,3,5-7,9,11,16H,2,4,8,10H2. The van der Waals surface area contributed by atoms with Crippen molar-refractivity contribution in [1.29, 1.82) is 0 Å². The molecule has 3 heteroatoms. The van der Waals surface area contributed by atoms with Gasteiger partial charge in [-0.05, 0) is 54.2 Å². The lowest BCUT2D eigenvalue weighted by Gasteiger charge is -2.19. The lowest BCUT2D eigenvalue weighted by atomic mass is 9.99. The zero-order valence-corrected chi connectivity index (χ0v) is 13.5. The van der Waals surface area contributed by atoms with Gasteiger partial charge in [0.1, 0.15) is 5.75 Å². The summed E-state index contributed by atoms with van der Waals surface area (Å²) in [6.07, 6.45) is 3.01. The highest BCUT2D eigenvalue weighted by Gasteiger charge is 2.15. The van der Waals surface area contributed by atoms with Crippen LogP contribution in [0.5, 0.6) is 5.75 Å². The van der Waals surface area contributed by atoms with Crippen LogP contribution in [0.2, 0.25) is 0 Å². The molecule has 0 amide bonds.